The van der Waals surface area contributed by atoms with Crippen molar-refractivity contribution in [3.63, 3.8) is 0 Å². The zero-order valence-corrected chi connectivity index (χ0v) is 10.4. The maximum atomic E-state index is 4.44. The zero-order valence-electron chi connectivity index (χ0n) is 10.4. The summed E-state index contributed by atoms with van der Waals surface area (Å²) in [5.74, 6) is 0. The van der Waals surface area contributed by atoms with Gasteiger partial charge in [0.05, 0.1) is 6.20 Å². The van der Waals surface area contributed by atoms with Crippen LogP contribution in [0.1, 0.15) is 50.9 Å². The summed E-state index contributed by atoms with van der Waals surface area (Å²) >= 11 is 0. The quantitative estimate of drug-likeness (QED) is 0.730. The van der Waals surface area contributed by atoms with Gasteiger partial charge in [0, 0.05) is 23.8 Å². The molecule has 0 fully saturated rings. The number of nitrogens with zero attached hydrogens (tertiary/aromatic N) is 2. The van der Waals surface area contributed by atoms with Gasteiger partial charge >= 0.3 is 0 Å². The highest BCUT2D eigenvalue weighted by Crippen LogP contribution is 2.15. The van der Waals surface area contributed by atoms with Gasteiger partial charge in [0.15, 0.2) is 0 Å². The second-order valence-corrected chi connectivity index (χ2v) is 4.13. The minimum absolute atomic E-state index is 0.505. The monoisotopic (exact) mass is 209 g/mol. The molecule has 1 rings (SSSR count). The lowest BCUT2D eigenvalue weighted by molar-refractivity contribution is 0.466. The summed E-state index contributed by atoms with van der Waals surface area (Å²) in [4.78, 5) is 0. The fourth-order valence-electron chi connectivity index (χ4n) is 1.65. The standard InChI is InChI=1S/C12H23N3/c1-5-7-13-8-12-9-14-15(11(12)4)10(3)6-2/h9-10,13H,5-8H2,1-4H3. The first-order valence-electron chi connectivity index (χ1n) is 5.94. The molecule has 0 aliphatic heterocycles. The van der Waals surface area contributed by atoms with Crippen molar-refractivity contribution in [3.8, 4) is 0 Å². The van der Waals surface area contributed by atoms with Crippen molar-refractivity contribution in [1.82, 2.24) is 15.1 Å². The van der Waals surface area contributed by atoms with Gasteiger partial charge in [-0.1, -0.05) is 13.8 Å². The molecule has 1 aromatic rings. The normalized spacial score (nSPS) is 13.1. The summed E-state index contributed by atoms with van der Waals surface area (Å²) in [5, 5.41) is 7.85. The maximum Gasteiger partial charge on any atom is 0.0537 e. The van der Waals surface area contributed by atoms with E-state index in [0.29, 0.717) is 6.04 Å². The number of hydrogen-bond acceptors (Lipinski definition) is 2. The molecule has 3 heteroatoms. The minimum atomic E-state index is 0.505. The third-order valence-corrected chi connectivity index (χ3v) is 2.90. The largest absolute Gasteiger partial charge is 0.313 e. The lowest BCUT2D eigenvalue weighted by Gasteiger charge is -2.12. The lowest BCUT2D eigenvalue weighted by Crippen LogP contribution is -2.15. The fraction of sp³-hybridized carbons (Fsp3) is 0.750. The topological polar surface area (TPSA) is 29.9 Å². The van der Waals surface area contributed by atoms with E-state index < -0.39 is 0 Å². The maximum absolute atomic E-state index is 4.44. The number of rotatable bonds is 6. The van der Waals surface area contributed by atoms with Crippen LogP contribution in [-0.2, 0) is 6.54 Å². The molecule has 1 N–H and O–H groups in total. The smallest absolute Gasteiger partial charge is 0.0537 e. The van der Waals surface area contributed by atoms with Crippen LogP contribution in [0.2, 0.25) is 0 Å². The van der Waals surface area contributed by atoms with Gasteiger partial charge in [-0.25, -0.2) is 0 Å². The molecular formula is C12H23N3. The van der Waals surface area contributed by atoms with E-state index >= 15 is 0 Å². The van der Waals surface area contributed by atoms with Gasteiger partial charge in [0.25, 0.3) is 0 Å². The van der Waals surface area contributed by atoms with Crippen molar-refractivity contribution in [2.24, 2.45) is 0 Å². The SMILES string of the molecule is CCCNCc1cnn(C(C)CC)c1C. The highest BCUT2D eigenvalue weighted by Gasteiger charge is 2.09. The number of hydrogen-bond donors (Lipinski definition) is 1. The molecule has 0 aliphatic carbocycles. The van der Waals surface area contributed by atoms with Crippen LogP contribution in [0.4, 0.5) is 0 Å². The molecule has 0 spiro atoms. The molecule has 0 saturated heterocycles. The molecule has 0 aromatic carbocycles. The van der Waals surface area contributed by atoms with Crippen LogP contribution in [0.3, 0.4) is 0 Å². The van der Waals surface area contributed by atoms with Gasteiger partial charge in [-0.3, -0.25) is 4.68 Å². The molecule has 0 amide bonds. The zero-order chi connectivity index (χ0) is 11.3. The Hall–Kier alpha value is -0.830. The second kappa shape index (κ2) is 5.91. The van der Waals surface area contributed by atoms with Crippen molar-refractivity contribution >= 4 is 0 Å². The molecule has 0 radical (unpaired) electrons. The highest BCUT2D eigenvalue weighted by atomic mass is 15.3. The Morgan fingerprint density at radius 2 is 2.20 bits per heavy atom. The van der Waals surface area contributed by atoms with Crippen molar-refractivity contribution in [2.45, 2.75) is 53.1 Å². The molecule has 0 bridgehead atoms. The van der Waals surface area contributed by atoms with Gasteiger partial charge in [-0.2, -0.15) is 5.10 Å². The predicted molar refractivity (Wildman–Crippen MR) is 64.0 cm³/mol. The van der Waals surface area contributed by atoms with E-state index in [1.54, 1.807) is 0 Å². The average Bonchev–Trinajstić information content (AvgIpc) is 2.60. The Bertz CT molecular complexity index is 291. The van der Waals surface area contributed by atoms with Crippen molar-refractivity contribution < 1.29 is 0 Å². The molecule has 0 aliphatic rings. The summed E-state index contributed by atoms with van der Waals surface area (Å²) in [6.07, 6.45) is 4.30. The summed E-state index contributed by atoms with van der Waals surface area (Å²) in [6.45, 7) is 10.8. The van der Waals surface area contributed by atoms with E-state index in [2.05, 4.69) is 42.8 Å². The summed E-state index contributed by atoms with van der Waals surface area (Å²) < 4.78 is 2.13. The first-order valence-corrected chi connectivity index (χ1v) is 5.94. The second-order valence-electron chi connectivity index (χ2n) is 4.13. The van der Waals surface area contributed by atoms with Crippen LogP contribution in [-0.4, -0.2) is 16.3 Å². The van der Waals surface area contributed by atoms with Crippen molar-refractivity contribution in [1.29, 1.82) is 0 Å². The van der Waals surface area contributed by atoms with Crippen molar-refractivity contribution in [2.75, 3.05) is 6.54 Å². The van der Waals surface area contributed by atoms with Gasteiger partial charge in [-0.15, -0.1) is 0 Å². The van der Waals surface area contributed by atoms with E-state index in [1.165, 1.54) is 17.7 Å². The molecule has 0 saturated carbocycles. The summed E-state index contributed by atoms with van der Waals surface area (Å²) in [5.41, 5.74) is 2.62. The third kappa shape index (κ3) is 3.06. The first kappa shape index (κ1) is 12.2. The Morgan fingerprint density at radius 1 is 1.47 bits per heavy atom. The molecule has 3 nitrogen and oxygen atoms in total. The summed E-state index contributed by atoms with van der Waals surface area (Å²) in [6, 6.07) is 0.505. The van der Waals surface area contributed by atoms with E-state index in [4.69, 9.17) is 0 Å². The number of nitrogens with one attached hydrogen (secondary N) is 1. The van der Waals surface area contributed by atoms with Gasteiger partial charge < -0.3 is 5.32 Å². The first-order chi connectivity index (χ1) is 7.20. The van der Waals surface area contributed by atoms with Crippen LogP contribution < -0.4 is 5.32 Å². The van der Waals surface area contributed by atoms with Gasteiger partial charge in [0.1, 0.15) is 0 Å². The van der Waals surface area contributed by atoms with Crippen LogP contribution in [0, 0.1) is 6.92 Å². The average molecular weight is 209 g/mol. The molecule has 1 aromatic heterocycles. The van der Waals surface area contributed by atoms with Gasteiger partial charge in [-0.05, 0) is 33.2 Å². The fourth-order valence-corrected chi connectivity index (χ4v) is 1.65. The summed E-state index contributed by atoms with van der Waals surface area (Å²) in [7, 11) is 0. The van der Waals surface area contributed by atoms with E-state index in [9.17, 15) is 0 Å². The molecule has 1 heterocycles. The number of aromatic nitrogens is 2. The van der Waals surface area contributed by atoms with Crippen molar-refractivity contribution in [3.05, 3.63) is 17.5 Å². The molecule has 1 atom stereocenters. The molecular weight excluding hydrogens is 186 g/mol. The van der Waals surface area contributed by atoms with Gasteiger partial charge in [0.2, 0.25) is 0 Å². The lowest BCUT2D eigenvalue weighted by atomic mass is 10.2. The van der Waals surface area contributed by atoms with Crippen LogP contribution in [0.25, 0.3) is 0 Å². The Balaban J connectivity index is 2.63. The molecule has 15 heavy (non-hydrogen) atoms. The minimum Gasteiger partial charge on any atom is -0.313 e. The predicted octanol–water partition coefficient (Wildman–Crippen LogP) is 2.66. The van der Waals surface area contributed by atoms with Crippen LogP contribution in [0.5, 0.6) is 0 Å². The van der Waals surface area contributed by atoms with Crippen LogP contribution in [0.15, 0.2) is 6.20 Å². The highest BCUT2D eigenvalue weighted by molar-refractivity contribution is 5.16. The Labute approximate surface area is 92.9 Å². The third-order valence-electron chi connectivity index (χ3n) is 2.90. The van der Waals surface area contributed by atoms with Crippen LogP contribution >= 0.6 is 0 Å². The van der Waals surface area contributed by atoms with E-state index in [0.717, 1.165) is 19.5 Å². The Morgan fingerprint density at radius 3 is 2.80 bits per heavy atom. The van der Waals surface area contributed by atoms with E-state index in [-0.39, 0.29) is 0 Å². The molecule has 86 valence electrons. The molecule has 1 unspecified atom stereocenters. The Kier molecular flexibility index (Phi) is 4.82. The van der Waals surface area contributed by atoms with E-state index in [1.807, 2.05) is 6.20 Å².